The maximum atomic E-state index is 13.3. The van der Waals surface area contributed by atoms with Gasteiger partial charge >= 0.3 is 5.97 Å². The standard InChI is InChI=1S/C24H24N4O4S/c1-15-13-17(32-20(15)23(30)31-2)14-33-24-25-21-19(18-11-7-4-8-12-27(18)24)22(29)28(26-21)16-9-5-3-6-10-16/h3,5-6,9-10,13H,4,7-8,11-12,14H2,1-2H3. The molecule has 8 nitrogen and oxygen atoms in total. The minimum absolute atomic E-state index is 0.129. The average Bonchev–Trinajstić information content (AvgIpc) is 3.26. The number of nitrogens with zero attached hydrogens (tertiary/aromatic N) is 4. The van der Waals surface area contributed by atoms with E-state index in [2.05, 4.69) is 9.67 Å². The van der Waals surface area contributed by atoms with Crippen molar-refractivity contribution >= 4 is 17.7 Å². The number of hydrogen-bond acceptors (Lipinski definition) is 7. The Balaban J connectivity index is 1.55. The predicted octanol–water partition coefficient (Wildman–Crippen LogP) is 4.24. The molecule has 0 saturated carbocycles. The number of carbonyl (C=O) groups excluding carboxylic acids is 1. The Hall–Kier alpha value is -3.33. The lowest BCUT2D eigenvalue weighted by Crippen LogP contribution is -2.19. The number of methoxy groups -OCH3 is 1. The van der Waals surface area contributed by atoms with Crippen LogP contribution in [0.15, 0.2) is 50.8 Å². The minimum Gasteiger partial charge on any atom is -0.463 e. The number of aromatic nitrogens is 4. The summed E-state index contributed by atoms with van der Waals surface area (Å²) in [7, 11) is 1.34. The monoisotopic (exact) mass is 464 g/mol. The van der Waals surface area contributed by atoms with Crippen LogP contribution in [0.2, 0.25) is 0 Å². The first kappa shape index (κ1) is 21.5. The van der Waals surface area contributed by atoms with Crippen molar-refractivity contribution in [2.75, 3.05) is 7.11 Å². The number of hydrogen-bond donors (Lipinski definition) is 0. The van der Waals surface area contributed by atoms with E-state index >= 15 is 0 Å². The van der Waals surface area contributed by atoms with Crippen LogP contribution in [0.4, 0.5) is 0 Å². The summed E-state index contributed by atoms with van der Waals surface area (Å²) >= 11 is 1.52. The third-order valence-electron chi connectivity index (χ3n) is 5.85. The smallest absolute Gasteiger partial charge is 0.374 e. The normalized spacial score (nSPS) is 13.6. The fourth-order valence-corrected chi connectivity index (χ4v) is 5.18. The SMILES string of the molecule is COC(=O)c1oc(CSc2nc3nn(-c4ccccc4)c(=O)c-3c3n2CCCCC3)cc1C. The second-order valence-electron chi connectivity index (χ2n) is 8.06. The highest BCUT2D eigenvalue weighted by Crippen LogP contribution is 2.32. The van der Waals surface area contributed by atoms with Gasteiger partial charge in [-0.05, 0) is 44.4 Å². The molecule has 2 aromatic rings. The van der Waals surface area contributed by atoms with Crippen molar-refractivity contribution in [2.45, 2.75) is 50.1 Å². The highest BCUT2D eigenvalue weighted by atomic mass is 32.2. The summed E-state index contributed by atoms with van der Waals surface area (Å²) in [6, 6.07) is 11.3. The van der Waals surface area contributed by atoms with Crippen LogP contribution in [-0.4, -0.2) is 32.4 Å². The van der Waals surface area contributed by atoms with Gasteiger partial charge in [-0.1, -0.05) is 36.4 Å². The number of esters is 1. The Morgan fingerprint density at radius 1 is 1.21 bits per heavy atom. The highest BCUT2D eigenvalue weighted by Gasteiger charge is 2.27. The lowest BCUT2D eigenvalue weighted by molar-refractivity contribution is 0.0562. The molecule has 0 radical (unpaired) electrons. The van der Waals surface area contributed by atoms with Crippen LogP contribution in [0.1, 0.15) is 46.8 Å². The molecule has 1 aromatic carbocycles. The third-order valence-corrected chi connectivity index (χ3v) is 6.85. The summed E-state index contributed by atoms with van der Waals surface area (Å²) < 4.78 is 14.1. The van der Waals surface area contributed by atoms with Crippen molar-refractivity contribution in [1.29, 1.82) is 0 Å². The van der Waals surface area contributed by atoms with Gasteiger partial charge in [-0.15, -0.1) is 5.10 Å². The molecule has 0 N–H and O–H groups in total. The van der Waals surface area contributed by atoms with Crippen molar-refractivity contribution < 1.29 is 13.9 Å². The number of para-hydroxylation sites is 1. The van der Waals surface area contributed by atoms with E-state index in [0.29, 0.717) is 22.9 Å². The van der Waals surface area contributed by atoms with Gasteiger partial charge in [0.25, 0.3) is 5.56 Å². The maximum Gasteiger partial charge on any atom is 0.374 e. The van der Waals surface area contributed by atoms with Gasteiger partial charge in [0, 0.05) is 17.8 Å². The third kappa shape index (κ3) is 3.97. The molecule has 3 aliphatic rings. The molecule has 0 saturated heterocycles. The Morgan fingerprint density at radius 3 is 2.82 bits per heavy atom. The topological polar surface area (TPSA) is 92.2 Å². The molecule has 0 unspecified atom stereocenters. The Labute approximate surface area is 194 Å². The molecule has 3 aliphatic heterocycles. The van der Waals surface area contributed by atoms with E-state index in [-0.39, 0.29) is 11.3 Å². The lowest BCUT2D eigenvalue weighted by Gasteiger charge is -2.17. The number of benzene rings is 1. The van der Waals surface area contributed by atoms with Crippen LogP contribution >= 0.6 is 11.8 Å². The summed E-state index contributed by atoms with van der Waals surface area (Å²) in [5.74, 6) is 1.37. The summed E-state index contributed by atoms with van der Waals surface area (Å²) in [4.78, 5) is 30.0. The average molecular weight is 465 g/mol. The molecule has 0 fully saturated rings. The molecule has 9 heteroatoms. The molecule has 5 rings (SSSR count). The Morgan fingerprint density at radius 2 is 2.03 bits per heavy atom. The zero-order valence-corrected chi connectivity index (χ0v) is 19.4. The number of aryl methyl sites for hydroxylation is 1. The van der Waals surface area contributed by atoms with Gasteiger partial charge in [-0.25, -0.2) is 9.78 Å². The van der Waals surface area contributed by atoms with E-state index < -0.39 is 5.97 Å². The van der Waals surface area contributed by atoms with Crippen LogP contribution < -0.4 is 5.56 Å². The Kier molecular flexibility index (Phi) is 5.80. The zero-order chi connectivity index (χ0) is 22.9. The first-order valence-corrected chi connectivity index (χ1v) is 11.9. The van der Waals surface area contributed by atoms with E-state index in [4.69, 9.17) is 14.1 Å². The molecule has 0 bridgehead atoms. The fraction of sp³-hybridized carbons (Fsp3) is 0.333. The molecule has 0 atom stereocenters. The molecule has 1 aromatic heterocycles. The second kappa shape index (κ2) is 8.90. The Bertz CT molecular complexity index is 1340. The molecule has 170 valence electrons. The van der Waals surface area contributed by atoms with Gasteiger partial charge in [0.2, 0.25) is 5.76 Å². The van der Waals surface area contributed by atoms with E-state index in [1.54, 1.807) is 0 Å². The van der Waals surface area contributed by atoms with E-state index in [1.807, 2.05) is 43.3 Å². The van der Waals surface area contributed by atoms with Crippen LogP contribution in [0.25, 0.3) is 17.1 Å². The van der Waals surface area contributed by atoms with Crippen molar-refractivity contribution in [3.05, 3.63) is 69.5 Å². The number of fused-ring (bicyclic) bond motifs is 3. The molecule has 0 spiro atoms. The maximum absolute atomic E-state index is 13.3. The van der Waals surface area contributed by atoms with Crippen molar-refractivity contribution in [3.63, 3.8) is 0 Å². The van der Waals surface area contributed by atoms with Gasteiger partial charge in [0.05, 0.1) is 18.6 Å². The van der Waals surface area contributed by atoms with E-state index in [9.17, 15) is 9.59 Å². The van der Waals surface area contributed by atoms with Gasteiger partial charge in [-0.2, -0.15) is 4.68 Å². The number of furan rings is 1. The fourth-order valence-electron chi connectivity index (χ4n) is 4.26. The minimum atomic E-state index is -0.485. The van der Waals surface area contributed by atoms with Gasteiger partial charge in [0.15, 0.2) is 11.0 Å². The lowest BCUT2D eigenvalue weighted by atomic mass is 10.1. The largest absolute Gasteiger partial charge is 0.463 e. The number of carbonyl (C=O) groups is 1. The number of rotatable bonds is 5. The van der Waals surface area contributed by atoms with Crippen LogP contribution in [0, 0.1) is 6.92 Å². The number of thioether (sulfide) groups is 1. The second-order valence-corrected chi connectivity index (χ2v) is 9.00. The quantitative estimate of drug-likeness (QED) is 0.248. The first-order chi connectivity index (χ1) is 16.1. The summed E-state index contributed by atoms with van der Waals surface area (Å²) in [5, 5.41) is 5.37. The molecule has 33 heavy (non-hydrogen) atoms. The summed E-state index contributed by atoms with van der Waals surface area (Å²) in [5.41, 5.74) is 2.94. The molecule has 4 heterocycles. The summed E-state index contributed by atoms with van der Waals surface area (Å²) in [6.45, 7) is 2.63. The van der Waals surface area contributed by atoms with E-state index in [1.165, 1.54) is 23.6 Å². The van der Waals surface area contributed by atoms with Crippen LogP contribution in [0.3, 0.4) is 0 Å². The van der Waals surface area contributed by atoms with Crippen LogP contribution in [-0.2, 0) is 23.5 Å². The van der Waals surface area contributed by atoms with Crippen LogP contribution in [0.5, 0.6) is 0 Å². The van der Waals surface area contributed by atoms with Gasteiger partial charge < -0.3 is 13.7 Å². The predicted molar refractivity (Wildman–Crippen MR) is 124 cm³/mol. The van der Waals surface area contributed by atoms with Crippen molar-refractivity contribution in [1.82, 2.24) is 19.3 Å². The summed E-state index contributed by atoms with van der Waals surface area (Å²) in [6.07, 6.45) is 3.98. The zero-order valence-electron chi connectivity index (χ0n) is 18.5. The molecule has 0 amide bonds. The molecular formula is C24H24N4O4S. The number of ether oxygens (including phenoxy) is 1. The van der Waals surface area contributed by atoms with Gasteiger partial charge in [0.1, 0.15) is 11.3 Å². The highest BCUT2D eigenvalue weighted by molar-refractivity contribution is 7.98. The molecular weight excluding hydrogens is 440 g/mol. The van der Waals surface area contributed by atoms with E-state index in [0.717, 1.165) is 54.3 Å². The first-order valence-electron chi connectivity index (χ1n) is 10.9. The van der Waals surface area contributed by atoms with Crippen molar-refractivity contribution in [3.8, 4) is 17.1 Å². The van der Waals surface area contributed by atoms with Crippen molar-refractivity contribution in [2.24, 2.45) is 0 Å². The molecule has 0 aliphatic carbocycles. The van der Waals surface area contributed by atoms with Gasteiger partial charge in [-0.3, -0.25) is 4.79 Å².